The Bertz CT molecular complexity index is 442. The fourth-order valence-corrected chi connectivity index (χ4v) is 1.99. The van der Waals surface area contributed by atoms with E-state index in [1.54, 1.807) is 18.0 Å². The molecule has 0 aliphatic rings. The minimum atomic E-state index is 0.741. The maximum atomic E-state index is 5.66. The number of nitrogens with one attached hydrogen (secondary N) is 1. The highest BCUT2D eigenvalue weighted by atomic mass is 32.2. The van der Waals surface area contributed by atoms with Gasteiger partial charge in [-0.15, -0.1) is 0 Å². The van der Waals surface area contributed by atoms with Crippen molar-refractivity contribution in [1.29, 1.82) is 0 Å². The molecule has 90 valence electrons. The van der Waals surface area contributed by atoms with Gasteiger partial charge in [0.1, 0.15) is 11.5 Å². The van der Waals surface area contributed by atoms with Crippen LogP contribution in [0.3, 0.4) is 0 Å². The predicted molar refractivity (Wildman–Crippen MR) is 70.7 cm³/mol. The number of nitrogens with zero attached hydrogens (tertiary/aromatic N) is 1. The van der Waals surface area contributed by atoms with Gasteiger partial charge in [-0.3, -0.25) is 4.98 Å². The predicted octanol–water partition coefficient (Wildman–Crippen LogP) is 2.83. The zero-order valence-corrected chi connectivity index (χ0v) is 10.7. The molecule has 0 aromatic carbocycles. The fraction of sp³-hybridized carbons (Fsp3) is 0.308. The van der Waals surface area contributed by atoms with Crippen molar-refractivity contribution in [2.75, 3.05) is 6.26 Å². The van der Waals surface area contributed by atoms with Gasteiger partial charge in [0.05, 0.1) is 18.0 Å². The first kappa shape index (κ1) is 12.2. The quantitative estimate of drug-likeness (QED) is 0.853. The van der Waals surface area contributed by atoms with Gasteiger partial charge >= 0.3 is 0 Å². The maximum Gasteiger partial charge on any atom is 0.118 e. The lowest BCUT2D eigenvalue weighted by Gasteiger charge is -2.01. The number of hydrogen-bond acceptors (Lipinski definition) is 4. The average Bonchev–Trinajstić information content (AvgIpc) is 2.79. The molecule has 2 rings (SSSR count). The van der Waals surface area contributed by atoms with Gasteiger partial charge in [-0.2, -0.15) is 11.8 Å². The van der Waals surface area contributed by atoms with Crippen molar-refractivity contribution in [2.45, 2.75) is 18.8 Å². The van der Waals surface area contributed by atoms with Crippen LogP contribution in [0.1, 0.15) is 17.2 Å². The van der Waals surface area contributed by atoms with Gasteiger partial charge in [0.2, 0.25) is 0 Å². The Hall–Kier alpha value is -1.26. The van der Waals surface area contributed by atoms with E-state index in [0.717, 1.165) is 36.1 Å². The van der Waals surface area contributed by atoms with Crippen molar-refractivity contribution in [1.82, 2.24) is 10.3 Å². The summed E-state index contributed by atoms with van der Waals surface area (Å²) in [5.74, 6) is 2.94. The zero-order valence-electron chi connectivity index (χ0n) is 9.85. The van der Waals surface area contributed by atoms with Crippen LogP contribution < -0.4 is 5.32 Å². The summed E-state index contributed by atoms with van der Waals surface area (Å²) in [7, 11) is 0. The number of thioether (sulfide) groups is 1. The van der Waals surface area contributed by atoms with E-state index in [1.165, 1.54) is 0 Å². The Morgan fingerprint density at radius 3 is 2.82 bits per heavy atom. The molecular formula is C13H16N2OS. The normalized spacial score (nSPS) is 10.6. The lowest BCUT2D eigenvalue weighted by atomic mass is 10.3. The van der Waals surface area contributed by atoms with Crippen LogP contribution in [0.15, 0.2) is 40.9 Å². The number of furan rings is 1. The summed E-state index contributed by atoms with van der Waals surface area (Å²) in [6.45, 7) is 1.50. The third-order valence-corrected chi connectivity index (χ3v) is 2.91. The molecule has 0 aliphatic heterocycles. The third-order valence-electron chi connectivity index (χ3n) is 2.34. The zero-order chi connectivity index (χ0) is 11.9. The molecule has 0 spiro atoms. The van der Waals surface area contributed by atoms with Gasteiger partial charge in [-0.1, -0.05) is 6.07 Å². The molecule has 17 heavy (non-hydrogen) atoms. The Labute approximate surface area is 106 Å². The molecule has 0 aliphatic carbocycles. The molecule has 0 radical (unpaired) electrons. The van der Waals surface area contributed by atoms with Gasteiger partial charge < -0.3 is 9.73 Å². The van der Waals surface area contributed by atoms with Crippen molar-refractivity contribution in [3.8, 4) is 0 Å². The second-order valence-electron chi connectivity index (χ2n) is 3.73. The average molecular weight is 248 g/mol. The van der Waals surface area contributed by atoms with E-state index in [-0.39, 0.29) is 0 Å². The number of rotatable bonds is 6. The molecule has 2 heterocycles. The molecule has 4 heteroatoms. The van der Waals surface area contributed by atoms with E-state index in [9.17, 15) is 0 Å². The molecule has 0 unspecified atom stereocenters. The smallest absolute Gasteiger partial charge is 0.118 e. The molecule has 2 aromatic rings. The Morgan fingerprint density at radius 2 is 2.06 bits per heavy atom. The van der Waals surface area contributed by atoms with Crippen LogP contribution >= 0.6 is 11.8 Å². The molecule has 0 fully saturated rings. The molecule has 0 amide bonds. The van der Waals surface area contributed by atoms with E-state index in [4.69, 9.17) is 4.42 Å². The second kappa shape index (κ2) is 6.47. The van der Waals surface area contributed by atoms with Gasteiger partial charge in [0.15, 0.2) is 0 Å². The monoisotopic (exact) mass is 248 g/mol. The summed E-state index contributed by atoms with van der Waals surface area (Å²) >= 11 is 1.76. The van der Waals surface area contributed by atoms with Crippen LogP contribution in [-0.2, 0) is 18.8 Å². The second-order valence-corrected chi connectivity index (χ2v) is 4.59. The van der Waals surface area contributed by atoms with Crippen molar-refractivity contribution in [2.24, 2.45) is 0 Å². The van der Waals surface area contributed by atoms with E-state index in [1.807, 2.05) is 30.3 Å². The fourth-order valence-electron chi connectivity index (χ4n) is 1.55. The number of pyridine rings is 1. The molecule has 0 atom stereocenters. The van der Waals surface area contributed by atoms with Crippen LogP contribution in [-0.4, -0.2) is 11.2 Å². The van der Waals surface area contributed by atoms with Crippen LogP contribution in [0, 0.1) is 0 Å². The molecular weight excluding hydrogens is 232 g/mol. The van der Waals surface area contributed by atoms with Gasteiger partial charge in [-0.05, 0) is 30.5 Å². The Kier molecular flexibility index (Phi) is 4.64. The summed E-state index contributed by atoms with van der Waals surface area (Å²) in [5, 5.41) is 3.31. The summed E-state index contributed by atoms with van der Waals surface area (Å²) < 4.78 is 5.66. The first-order valence-corrected chi connectivity index (χ1v) is 6.95. The van der Waals surface area contributed by atoms with Crippen LogP contribution in [0.5, 0.6) is 0 Å². The highest BCUT2D eigenvalue weighted by molar-refractivity contribution is 7.97. The molecule has 0 bridgehead atoms. The third kappa shape index (κ3) is 3.91. The summed E-state index contributed by atoms with van der Waals surface area (Å²) in [6, 6.07) is 9.98. The van der Waals surface area contributed by atoms with E-state index in [0.29, 0.717) is 0 Å². The van der Waals surface area contributed by atoms with Crippen LogP contribution in [0.4, 0.5) is 0 Å². The minimum absolute atomic E-state index is 0.741. The Morgan fingerprint density at radius 1 is 1.18 bits per heavy atom. The van der Waals surface area contributed by atoms with E-state index >= 15 is 0 Å². The van der Waals surface area contributed by atoms with Crippen molar-refractivity contribution < 1.29 is 4.42 Å². The lowest BCUT2D eigenvalue weighted by Crippen LogP contribution is -2.12. The standard InChI is InChI=1S/C13H16N2OS/c1-17-10-13-6-5-12(16-13)9-14-8-11-4-2-3-7-15-11/h2-7,14H,8-10H2,1H3. The van der Waals surface area contributed by atoms with Crippen molar-refractivity contribution >= 4 is 11.8 Å². The number of hydrogen-bond donors (Lipinski definition) is 1. The van der Waals surface area contributed by atoms with E-state index < -0.39 is 0 Å². The van der Waals surface area contributed by atoms with Gasteiger partial charge in [-0.25, -0.2) is 0 Å². The van der Waals surface area contributed by atoms with Gasteiger partial charge in [0, 0.05) is 12.7 Å². The first-order valence-electron chi connectivity index (χ1n) is 5.55. The van der Waals surface area contributed by atoms with Crippen molar-refractivity contribution in [3.63, 3.8) is 0 Å². The highest BCUT2D eigenvalue weighted by Gasteiger charge is 2.01. The SMILES string of the molecule is CSCc1ccc(CNCc2ccccn2)o1. The Balaban J connectivity index is 1.78. The van der Waals surface area contributed by atoms with Crippen LogP contribution in [0.2, 0.25) is 0 Å². The molecule has 0 saturated heterocycles. The van der Waals surface area contributed by atoms with E-state index in [2.05, 4.69) is 16.6 Å². The summed E-state index contributed by atoms with van der Waals surface area (Å²) in [4.78, 5) is 4.25. The number of aromatic nitrogens is 1. The molecule has 0 saturated carbocycles. The first-order chi connectivity index (χ1) is 8.38. The largest absolute Gasteiger partial charge is 0.464 e. The molecule has 1 N–H and O–H groups in total. The summed E-state index contributed by atoms with van der Waals surface area (Å²) in [5.41, 5.74) is 1.04. The molecule has 2 aromatic heterocycles. The van der Waals surface area contributed by atoms with Crippen LogP contribution in [0.25, 0.3) is 0 Å². The van der Waals surface area contributed by atoms with Crippen molar-refractivity contribution in [3.05, 3.63) is 53.7 Å². The maximum absolute atomic E-state index is 5.66. The minimum Gasteiger partial charge on any atom is -0.464 e. The van der Waals surface area contributed by atoms with Gasteiger partial charge in [0.25, 0.3) is 0 Å². The lowest BCUT2D eigenvalue weighted by molar-refractivity contribution is 0.458. The topological polar surface area (TPSA) is 38.1 Å². The highest BCUT2D eigenvalue weighted by Crippen LogP contribution is 2.13. The summed E-state index contributed by atoms with van der Waals surface area (Å²) in [6.07, 6.45) is 3.88. The molecule has 3 nitrogen and oxygen atoms in total.